The first kappa shape index (κ1) is 12.0. The lowest BCUT2D eigenvalue weighted by Crippen LogP contribution is -2.29. The van der Waals surface area contributed by atoms with Gasteiger partial charge in [0.25, 0.3) is 0 Å². The van der Waals surface area contributed by atoms with Gasteiger partial charge in [-0.25, -0.2) is 0 Å². The van der Waals surface area contributed by atoms with Gasteiger partial charge in [-0.1, -0.05) is 19.1 Å². The van der Waals surface area contributed by atoms with E-state index in [-0.39, 0.29) is 11.8 Å². The molecule has 3 heteroatoms. The van der Waals surface area contributed by atoms with Gasteiger partial charge in [-0.15, -0.1) is 0 Å². The normalized spacial score (nSPS) is 14.4. The maximum atomic E-state index is 11.4. The van der Waals surface area contributed by atoms with E-state index in [1.807, 2.05) is 18.2 Å². The van der Waals surface area contributed by atoms with Gasteiger partial charge >= 0.3 is 0 Å². The fourth-order valence-corrected chi connectivity index (χ4v) is 1.69. The van der Waals surface area contributed by atoms with Crippen molar-refractivity contribution in [3.63, 3.8) is 0 Å². The molecule has 0 saturated heterocycles. The number of nitrogens with one attached hydrogen (secondary N) is 1. The van der Waals surface area contributed by atoms with Crippen LogP contribution in [0.25, 0.3) is 0 Å². The van der Waals surface area contributed by atoms with Gasteiger partial charge in [0.1, 0.15) is 12.4 Å². The zero-order chi connectivity index (χ0) is 12.1. The first-order valence-corrected chi connectivity index (χ1v) is 6.29. The third-order valence-corrected chi connectivity index (χ3v) is 2.92. The summed E-state index contributed by atoms with van der Waals surface area (Å²) in [5.74, 6) is 1.33. The van der Waals surface area contributed by atoms with Crippen molar-refractivity contribution in [1.82, 2.24) is 5.32 Å². The molecule has 1 N–H and O–H groups in total. The van der Waals surface area contributed by atoms with Crippen LogP contribution in [0, 0.1) is 5.92 Å². The van der Waals surface area contributed by atoms with Gasteiger partial charge in [0, 0.05) is 5.92 Å². The topological polar surface area (TPSA) is 38.3 Å². The second kappa shape index (κ2) is 5.71. The third kappa shape index (κ3) is 3.77. The number of rotatable bonds is 6. The van der Waals surface area contributed by atoms with Crippen LogP contribution in [0.2, 0.25) is 0 Å². The standard InChI is InChI=1S/C14H19NO2/c1-2-11-4-3-5-13(10-11)17-9-8-15-14(16)12-6-7-12/h3-5,10,12H,2,6-9H2,1H3,(H,15,16). The SMILES string of the molecule is CCc1cccc(OCCNC(=O)C2CC2)c1. The van der Waals surface area contributed by atoms with Crippen LogP contribution >= 0.6 is 0 Å². The predicted octanol–water partition coefficient (Wildman–Crippen LogP) is 2.15. The average molecular weight is 233 g/mol. The number of hydrogen-bond acceptors (Lipinski definition) is 2. The Labute approximate surface area is 102 Å². The van der Waals surface area contributed by atoms with Gasteiger partial charge in [0.05, 0.1) is 6.54 Å². The van der Waals surface area contributed by atoms with Gasteiger partial charge in [0.2, 0.25) is 5.91 Å². The maximum Gasteiger partial charge on any atom is 0.223 e. The lowest BCUT2D eigenvalue weighted by atomic mass is 10.2. The van der Waals surface area contributed by atoms with Crippen LogP contribution in [-0.4, -0.2) is 19.1 Å². The molecular weight excluding hydrogens is 214 g/mol. The highest BCUT2D eigenvalue weighted by molar-refractivity contribution is 5.80. The van der Waals surface area contributed by atoms with Gasteiger partial charge < -0.3 is 10.1 Å². The van der Waals surface area contributed by atoms with Gasteiger partial charge in [-0.3, -0.25) is 4.79 Å². The van der Waals surface area contributed by atoms with Crippen molar-refractivity contribution in [2.45, 2.75) is 26.2 Å². The first-order chi connectivity index (χ1) is 8.29. The van der Waals surface area contributed by atoms with E-state index in [1.54, 1.807) is 0 Å². The van der Waals surface area contributed by atoms with Crippen LogP contribution in [0.4, 0.5) is 0 Å². The number of aryl methyl sites for hydroxylation is 1. The Morgan fingerprint density at radius 1 is 1.47 bits per heavy atom. The van der Waals surface area contributed by atoms with E-state index >= 15 is 0 Å². The summed E-state index contributed by atoms with van der Waals surface area (Å²) in [7, 11) is 0. The molecule has 1 aromatic carbocycles. The molecule has 1 amide bonds. The Balaban J connectivity index is 1.68. The van der Waals surface area contributed by atoms with Crippen molar-refractivity contribution >= 4 is 5.91 Å². The van der Waals surface area contributed by atoms with Crippen molar-refractivity contribution in [3.8, 4) is 5.75 Å². The molecule has 1 saturated carbocycles. The minimum absolute atomic E-state index is 0.177. The summed E-state index contributed by atoms with van der Waals surface area (Å²) in [6.07, 6.45) is 3.10. The van der Waals surface area contributed by atoms with Crippen molar-refractivity contribution < 1.29 is 9.53 Å². The van der Waals surface area contributed by atoms with Crippen LogP contribution in [0.3, 0.4) is 0 Å². The average Bonchev–Trinajstić information content (AvgIpc) is 3.19. The number of ether oxygens (including phenoxy) is 1. The van der Waals surface area contributed by atoms with Gasteiger partial charge in [-0.2, -0.15) is 0 Å². The number of hydrogen-bond donors (Lipinski definition) is 1. The van der Waals surface area contributed by atoms with E-state index in [1.165, 1.54) is 5.56 Å². The Morgan fingerprint density at radius 2 is 2.29 bits per heavy atom. The molecule has 17 heavy (non-hydrogen) atoms. The van der Waals surface area contributed by atoms with E-state index in [0.29, 0.717) is 13.2 Å². The van der Waals surface area contributed by atoms with Crippen LogP contribution in [0.15, 0.2) is 24.3 Å². The zero-order valence-corrected chi connectivity index (χ0v) is 10.2. The molecule has 0 atom stereocenters. The lowest BCUT2D eigenvalue weighted by molar-refractivity contribution is -0.122. The lowest BCUT2D eigenvalue weighted by Gasteiger charge is -2.08. The molecule has 0 spiro atoms. The molecule has 2 rings (SSSR count). The highest BCUT2D eigenvalue weighted by Crippen LogP contribution is 2.28. The van der Waals surface area contributed by atoms with Crippen LogP contribution in [0.5, 0.6) is 5.75 Å². The second-order valence-corrected chi connectivity index (χ2v) is 4.41. The monoisotopic (exact) mass is 233 g/mol. The summed E-state index contributed by atoms with van der Waals surface area (Å²) in [5.41, 5.74) is 1.27. The molecule has 1 aromatic rings. The zero-order valence-electron chi connectivity index (χ0n) is 10.2. The van der Waals surface area contributed by atoms with E-state index in [9.17, 15) is 4.79 Å². The quantitative estimate of drug-likeness (QED) is 0.765. The number of benzene rings is 1. The molecular formula is C14H19NO2. The fourth-order valence-electron chi connectivity index (χ4n) is 1.69. The summed E-state index contributed by atoms with van der Waals surface area (Å²) < 4.78 is 5.58. The maximum absolute atomic E-state index is 11.4. The summed E-state index contributed by atoms with van der Waals surface area (Å²) in [5, 5.41) is 2.88. The Kier molecular flexibility index (Phi) is 4.02. The predicted molar refractivity (Wildman–Crippen MR) is 67.0 cm³/mol. The minimum Gasteiger partial charge on any atom is -0.492 e. The van der Waals surface area contributed by atoms with E-state index in [4.69, 9.17) is 4.74 Å². The molecule has 1 aliphatic rings. The van der Waals surface area contributed by atoms with Gasteiger partial charge in [-0.05, 0) is 37.0 Å². The smallest absolute Gasteiger partial charge is 0.223 e. The van der Waals surface area contributed by atoms with Crippen LogP contribution in [-0.2, 0) is 11.2 Å². The largest absolute Gasteiger partial charge is 0.492 e. The van der Waals surface area contributed by atoms with Crippen molar-refractivity contribution in [2.75, 3.05) is 13.2 Å². The summed E-state index contributed by atoms with van der Waals surface area (Å²) >= 11 is 0. The fraction of sp³-hybridized carbons (Fsp3) is 0.500. The molecule has 3 nitrogen and oxygen atoms in total. The molecule has 0 bridgehead atoms. The molecule has 1 fully saturated rings. The number of carbonyl (C=O) groups is 1. The Morgan fingerprint density at radius 3 is 3.00 bits per heavy atom. The number of amides is 1. The first-order valence-electron chi connectivity index (χ1n) is 6.29. The Bertz CT molecular complexity index is 386. The molecule has 92 valence electrons. The van der Waals surface area contributed by atoms with Crippen LogP contribution < -0.4 is 10.1 Å². The molecule has 0 radical (unpaired) electrons. The Hall–Kier alpha value is -1.51. The molecule has 0 heterocycles. The van der Waals surface area contributed by atoms with E-state index < -0.39 is 0 Å². The minimum atomic E-state index is 0.177. The van der Waals surface area contributed by atoms with Gasteiger partial charge in [0.15, 0.2) is 0 Å². The van der Waals surface area contributed by atoms with Crippen molar-refractivity contribution in [3.05, 3.63) is 29.8 Å². The van der Waals surface area contributed by atoms with E-state index in [2.05, 4.69) is 18.3 Å². The molecule has 0 unspecified atom stereocenters. The van der Waals surface area contributed by atoms with Crippen LogP contribution in [0.1, 0.15) is 25.3 Å². The third-order valence-electron chi connectivity index (χ3n) is 2.92. The van der Waals surface area contributed by atoms with Crippen molar-refractivity contribution in [1.29, 1.82) is 0 Å². The molecule has 0 aliphatic heterocycles. The van der Waals surface area contributed by atoms with Crippen molar-refractivity contribution in [2.24, 2.45) is 5.92 Å². The summed E-state index contributed by atoms with van der Waals surface area (Å²) in [6, 6.07) is 8.07. The highest BCUT2D eigenvalue weighted by Gasteiger charge is 2.28. The number of carbonyl (C=O) groups excluding carboxylic acids is 1. The molecule has 0 aromatic heterocycles. The van der Waals surface area contributed by atoms with E-state index in [0.717, 1.165) is 25.0 Å². The second-order valence-electron chi connectivity index (χ2n) is 4.41. The summed E-state index contributed by atoms with van der Waals surface area (Å²) in [4.78, 5) is 11.4. The highest BCUT2D eigenvalue weighted by atomic mass is 16.5. The molecule has 1 aliphatic carbocycles. The summed E-state index contributed by atoms with van der Waals surface area (Å²) in [6.45, 7) is 3.24.